The van der Waals surface area contributed by atoms with Crippen molar-refractivity contribution in [3.8, 4) is 0 Å². The highest BCUT2D eigenvalue weighted by molar-refractivity contribution is 6.18. The number of rotatable bonds is 10. The fraction of sp³-hybridized carbons (Fsp3) is 0.917. The SMILES string of the molecule is CCCCCCCCCC(=O)NCCCl. The second-order valence-electron chi connectivity index (χ2n) is 3.91. The molecule has 3 heteroatoms. The Hall–Kier alpha value is -0.240. The first-order chi connectivity index (χ1) is 7.31. The van der Waals surface area contributed by atoms with Crippen LogP contribution in [-0.4, -0.2) is 18.3 Å². The van der Waals surface area contributed by atoms with Crippen LogP contribution in [0.15, 0.2) is 0 Å². The van der Waals surface area contributed by atoms with Crippen LogP contribution in [-0.2, 0) is 4.79 Å². The molecular formula is C12H24ClNO. The predicted octanol–water partition coefficient (Wildman–Crippen LogP) is 3.48. The van der Waals surface area contributed by atoms with E-state index in [0.29, 0.717) is 18.8 Å². The number of carbonyl (C=O) groups is 1. The van der Waals surface area contributed by atoms with E-state index < -0.39 is 0 Å². The fourth-order valence-electron chi connectivity index (χ4n) is 1.52. The third-order valence-corrected chi connectivity index (χ3v) is 2.61. The van der Waals surface area contributed by atoms with Gasteiger partial charge < -0.3 is 5.32 Å². The van der Waals surface area contributed by atoms with E-state index in [-0.39, 0.29) is 5.91 Å². The number of carbonyl (C=O) groups excluding carboxylic acids is 1. The van der Waals surface area contributed by atoms with Gasteiger partial charge in [0.15, 0.2) is 0 Å². The third-order valence-electron chi connectivity index (χ3n) is 2.42. The fourth-order valence-corrected chi connectivity index (χ4v) is 1.61. The Morgan fingerprint density at radius 1 is 1.07 bits per heavy atom. The number of nitrogens with one attached hydrogen (secondary N) is 1. The van der Waals surface area contributed by atoms with E-state index in [2.05, 4.69) is 12.2 Å². The molecule has 0 aliphatic carbocycles. The van der Waals surface area contributed by atoms with Crippen LogP contribution in [0.25, 0.3) is 0 Å². The van der Waals surface area contributed by atoms with Crippen molar-refractivity contribution in [1.29, 1.82) is 0 Å². The number of unbranched alkanes of at least 4 members (excludes halogenated alkanes) is 6. The van der Waals surface area contributed by atoms with Crippen molar-refractivity contribution in [1.82, 2.24) is 5.32 Å². The van der Waals surface area contributed by atoms with Crippen molar-refractivity contribution in [2.24, 2.45) is 0 Å². The molecule has 0 heterocycles. The summed E-state index contributed by atoms with van der Waals surface area (Å²) in [5.74, 6) is 0.646. The minimum atomic E-state index is 0.143. The topological polar surface area (TPSA) is 29.1 Å². The number of alkyl halides is 1. The van der Waals surface area contributed by atoms with Crippen LogP contribution in [0.1, 0.15) is 58.3 Å². The smallest absolute Gasteiger partial charge is 0.220 e. The molecule has 0 aromatic carbocycles. The zero-order chi connectivity index (χ0) is 11.4. The van der Waals surface area contributed by atoms with E-state index in [0.717, 1.165) is 6.42 Å². The highest BCUT2D eigenvalue weighted by Gasteiger charge is 1.99. The number of hydrogen-bond donors (Lipinski definition) is 1. The number of halogens is 1. The third kappa shape index (κ3) is 11.7. The Kier molecular flexibility index (Phi) is 11.6. The molecule has 0 rings (SSSR count). The predicted molar refractivity (Wildman–Crippen MR) is 66.3 cm³/mol. The Morgan fingerprint density at radius 2 is 1.67 bits per heavy atom. The lowest BCUT2D eigenvalue weighted by atomic mass is 10.1. The summed E-state index contributed by atoms with van der Waals surface area (Å²) in [6, 6.07) is 0. The maximum atomic E-state index is 11.2. The van der Waals surface area contributed by atoms with E-state index in [1.165, 1.54) is 38.5 Å². The van der Waals surface area contributed by atoms with Crippen molar-refractivity contribution in [2.75, 3.05) is 12.4 Å². The number of amides is 1. The van der Waals surface area contributed by atoms with Gasteiger partial charge in [0.25, 0.3) is 0 Å². The molecule has 0 aromatic heterocycles. The van der Waals surface area contributed by atoms with Crippen LogP contribution in [0.3, 0.4) is 0 Å². The molecule has 0 radical (unpaired) electrons. The van der Waals surface area contributed by atoms with Crippen molar-refractivity contribution in [2.45, 2.75) is 58.3 Å². The van der Waals surface area contributed by atoms with Gasteiger partial charge in [-0.25, -0.2) is 0 Å². The lowest BCUT2D eigenvalue weighted by Gasteiger charge is -2.03. The molecule has 15 heavy (non-hydrogen) atoms. The summed E-state index contributed by atoms with van der Waals surface area (Å²) in [6.45, 7) is 2.82. The maximum Gasteiger partial charge on any atom is 0.220 e. The van der Waals surface area contributed by atoms with Crippen molar-refractivity contribution >= 4 is 17.5 Å². The molecule has 1 N–H and O–H groups in total. The van der Waals surface area contributed by atoms with Gasteiger partial charge in [0.05, 0.1) is 0 Å². The average Bonchev–Trinajstić information content (AvgIpc) is 2.25. The van der Waals surface area contributed by atoms with Gasteiger partial charge in [0.1, 0.15) is 0 Å². The normalized spacial score (nSPS) is 10.3. The first-order valence-corrected chi connectivity index (χ1v) is 6.67. The molecule has 90 valence electrons. The average molecular weight is 234 g/mol. The molecule has 0 aliphatic rings. The summed E-state index contributed by atoms with van der Waals surface area (Å²) < 4.78 is 0. The monoisotopic (exact) mass is 233 g/mol. The van der Waals surface area contributed by atoms with Gasteiger partial charge in [-0.1, -0.05) is 45.4 Å². The second-order valence-corrected chi connectivity index (χ2v) is 4.29. The second kappa shape index (κ2) is 11.8. The van der Waals surface area contributed by atoms with Gasteiger partial charge in [-0.15, -0.1) is 11.6 Å². The largest absolute Gasteiger partial charge is 0.355 e. The van der Waals surface area contributed by atoms with Gasteiger partial charge in [0.2, 0.25) is 5.91 Å². The van der Waals surface area contributed by atoms with E-state index >= 15 is 0 Å². The lowest BCUT2D eigenvalue weighted by Crippen LogP contribution is -2.24. The van der Waals surface area contributed by atoms with Crippen molar-refractivity contribution in [3.05, 3.63) is 0 Å². The molecule has 0 bridgehead atoms. The van der Waals surface area contributed by atoms with E-state index in [1.807, 2.05) is 0 Å². The Labute approximate surface area is 98.8 Å². The van der Waals surface area contributed by atoms with Crippen LogP contribution < -0.4 is 5.32 Å². The van der Waals surface area contributed by atoms with Gasteiger partial charge in [-0.2, -0.15) is 0 Å². The maximum absolute atomic E-state index is 11.2. The van der Waals surface area contributed by atoms with Gasteiger partial charge >= 0.3 is 0 Å². The van der Waals surface area contributed by atoms with Crippen LogP contribution in [0.4, 0.5) is 0 Å². The minimum absolute atomic E-state index is 0.143. The molecule has 2 nitrogen and oxygen atoms in total. The van der Waals surface area contributed by atoms with E-state index in [9.17, 15) is 4.79 Å². The Balaban J connectivity index is 3.06. The molecule has 0 unspecified atom stereocenters. The molecule has 0 atom stereocenters. The molecule has 0 saturated heterocycles. The molecular weight excluding hydrogens is 210 g/mol. The molecule has 0 saturated carbocycles. The summed E-state index contributed by atoms with van der Waals surface area (Å²) in [5, 5.41) is 2.77. The van der Waals surface area contributed by atoms with Gasteiger partial charge in [-0.3, -0.25) is 4.79 Å². The lowest BCUT2D eigenvalue weighted by molar-refractivity contribution is -0.121. The summed E-state index contributed by atoms with van der Waals surface area (Å²) in [6.07, 6.45) is 9.41. The van der Waals surface area contributed by atoms with E-state index in [4.69, 9.17) is 11.6 Å². The van der Waals surface area contributed by atoms with Crippen LogP contribution in [0.2, 0.25) is 0 Å². The first kappa shape index (κ1) is 14.8. The molecule has 0 aromatic rings. The van der Waals surface area contributed by atoms with Crippen molar-refractivity contribution < 1.29 is 4.79 Å². The minimum Gasteiger partial charge on any atom is -0.355 e. The number of hydrogen-bond acceptors (Lipinski definition) is 1. The molecule has 1 amide bonds. The van der Waals surface area contributed by atoms with Crippen LogP contribution >= 0.6 is 11.6 Å². The Morgan fingerprint density at radius 3 is 2.27 bits per heavy atom. The highest BCUT2D eigenvalue weighted by Crippen LogP contribution is 2.08. The Bertz CT molecular complexity index is 151. The van der Waals surface area contributed by atoms with Gasteiger partial charge in [0, 0.05) is 18.8 Å². The summed E-state index contributed by atoms with van der Waals surface area (Å²) in [5.41, 5.74) is 0. The zero-order valence-corrected chi connectivity index (χ0v) is 10.6. The zero-order valence-electron chi connectivity index (χ0n) is 9.86. The molecule has 0 spiro atoms. The summed E-state index contributed by atoms with van der Waals surface area (Å²) >= 11 is 5.46. The van der Waals surface area contributed by atoms with Crippen LogP contribution in [0, 0.1) is 0 Å². The molecule has 0 fully saturated rings. The van der Waals surface area contributed by atoms with Crippen molar-refractivity contribution in [3.63, 3.8) is 0 Å². The first-order valence-electron chi connectivity index (χ1n) is 6.14. The summed E-state index contributed by atoms with van der Waals surface area (Å²) in [7, 11) is 0. The van der Waals surface area contributed by atoms with E-state index in [1.54, 1.807) is 0 Å². The van der Waals surface area contributed by atoms with Crippen LogP contribution in [0.5, 0.6) is 0 Å². The van der Waals surface area contributed by atoms with Gasteiger partial charge in [-0.05, 0) is 6.42 Å². The molecule has 0 aliphatic heterocycles. The highest BCUT2D eigenvalue weighted by atomic mass is 35.5. The summed E-state index contributed by atoms with van der Waals surface area (Å²) in [4.78, 5) is 11.2. The quantitative estimate of drug-likeness (QED) is 0.454. The standard InChI is InChI=1S/C12H24ClNO/c1-2-3-4-5-6-7-8-9-12(15)14-11-10-13/h2-11H2,1H3,(H,14,15).